The third-order valence-corrected chi connectivity index (χ3v) is 3.53. The number of amides is 1. The fourth-order valence-electron chi connectivity index (χ4n) is 1.86. The molecule has 4 heteroatoms. The molecule has 0 unspecified atom stereocenters. The number of carbonyl (C=O) groups excluding carboxylic acids is 1. The quantitative estimate of drug-likeness (QED) is 0.732. The van der Waals surface area contributed by atoms with Gasteiger partial charge in [-0.05, 0) is 0 Å². The fourth-order valence-corrected chi connectivity index (χ4v) is 3.25. The number of hydrogen-bond donors (Lipinski definition) is 1. The van der Waals surface area contributed by atoms with Crippen LogP contribution in [0.1, 0.15) is 13.8 Å². The van der Waals surface area contributed by atoms with Crippen molar-refractivity contribution in [1.29, 1.82) is 0 Å². The summed E-state index contributed by atoms with van der Waals surface area (Å²) in [6, 6.07) is 0. The van der Waals surface area contributed by atoms with Gasteiger partial charge in [0.1, 0.15) is 0 Å². The van der Waals surface area contributed by atoms with E-state index in [2.05, 4.69) is 30.6 Å². The van der Waals surface area contributed by atoms with Gasteiger partial charge in [-0.15, -0.1) is 6.58 Å². The van der Waals surface area contributed by atoms with E-state index in [0.29, 0.717) is 23.6 Å². The first-order chi connectivity index (χ1) is 7.11. The van der Waals surface area contributed by atoms with Crippen LogP contribution in [0.15, 0.2) is 12.7 Å². The zero-order chi connectivity index (χ0) is 11.3. The molecule has 0 spiro atoms. The monoisotopic (exact) mass is 228 g/mol. The van der Waals surface area contributed by atoms with Crippen LogP contribution in [0.5, 0.6) is 0 Å². The Hall–Kier alpha value is -0.480. The van der Waals surface area contributed by atoms with Crippen molar-refractivity contribution < 1.29 is 4.79 Å². The summed E-state index contributed by atoms with van der Waals surface area (Å²) in [5.41, 5.74) is 0. The average molecular weight is 228 g/mol. The number of hydrogen-bond acceptors (Lipinski definition) is 3. The minimum Gasteiger partial charge on any atom is -0.352 e. The lowest BCUT2D eigenvalue weighted by Crippen LogP contribution is -2.45. The van der Waals surface area contributed by atoms with Crippen LogP contribution in [0.2, 0.25) is 0 Å². The summed E-state index contributed by atoms with van der Waals surface area (Å²) in [4.78, 5) is 13.7. The minimum atomic E-state index is 0.0983. The lowest BCUT2D eigenvalue weighted by Gasteiger charge is -2.33. The van der Waals surface area contributed by atoms with Gasteiger partial charge >= 0.3 is 0 Å². The van der Waals surface area contributed by atoms with Gasteiger partial charge in [0.2, 0.25) is 5.91 Å². The molecule has 1 fully saturated rings. The topological polar surface area (TPSA) is 32.3 Å². The van der Waals surface area contributed by atoms with Gasteiger partial charge in [-0.25, -0.2) is 0 Å². The molecule has 0 aliphatic carbocycles. The number of thioether (sulfide) groups is 1. The molecule has 0 bridgehead atoms. The molecular weight excluding hydrogens is 208 g/mol. The molecule has 1 rings (SSSR count). The third-order valence-electron chi connectivity index (χ3n) is 2.31. The maximum Gasteiger partial charge on any atom is 0.234 e. The summed E-state index contributed by atoms with van der Waals surface area (Å²) in [7, 11) is 0. The van der Waals surface area contributed by atoms with Crippen LogP contribution in [-0.4, -0.2) is 47.5 Å². The smallest absolute Gasteiger partial charge is 0.234 e. The lowest BCUT2D eigenvalue weighted by molar-refractivity contribution is -0.122. The molecule has 0 aromatic carbocycles. The molecule has 1 saturated heterocycles. The van der Waals surface area contributed by atoms with Crippen molar-refractivity contribution in [1.82, 2.24) is 10.2 Å². The van der Waals surface area contributed by atoms with Crippen molar-refractivity contribution in [2.45, 2.75) is 24.3 Å². The van der Waals surface area contributed by atoms with E-state index in [1.807, 2.05) is 11.8 Å². The summed E-state index contributed by atoms with van der Waals surface area (Å²) >= 11 is 2.00. The Morgan fingerprint density at radius 1 is 1.53 bits per heavy atom. The van der Waals surface area contributed by atoms with Crippen LogP contribution >= 0.6 is 11.8 Å². The van der Waals surface area contributed by atoms with Gasteiger partial charge in [0.15, 0.2) is 0 Å². The number of rotatable bonds is 4. The molecule has 3 nitrogen and oxygen atoms in total. The van der Waals surface area contributed by atoms with Gasteiger partial charge in [0, 0.05) is 30.1 Å². The summed E-state index contributed by atoms with van der Waals surface area (Å²) in [5, 5.41) is 4.06. The molecule has 15 heavy (non-hydrogen) atoms. The highest BCUT2D eigenvalue weighted by atomic mass is 32.2. The van der Waals surface area contributed by atoms with Crippen LogP contribution in [0.3, 0.4) is 0 Å². The Kier molecular flexibility index (Phi) is 5.19. The molecule has 1 N–H and O–H groups in total. The summed E-state index contributed by atoms with van der Waals surface area (Å²) in [5.74, 6) is 0.0983. The first-order valence-corrected chi connectivity index (χ1v) is 6.31. The normalized spacial score (nSPS) is 27.3. The van der Waals surface area contributed by atoms with Gasteiger partial charge in [-0.2, -0.15) is 11.8 Å². The third kappa shape index (κ3) is 4.71. The highest BCUT2D eigenvalue weighted by Crippen LogP contribution is 2.24. The number of carbonyl (C=O) groups is 1. The van der Waals surface area contributed by atoms with Crippen molar-refractivity contribution in [2.24, 2.45) is 0 Å². The van der Waals surface area contributed by atoms with Crippen molar-refractivity contribution in [3.63, 3.8) is 0 Å². The molecule has 86 valence electrons. The van der Waals surface area contributed by atoms with Gasteiger partial charge < -0.3 is 5.32 Å². The second-order valence-electron chi connectivity index (χ2n) is 4.04. The highest BCUT2D eigenvalue weighted by molar-refractivity contribution is 8.00. The maximum atomic E-state index is 11.5. The van der Waals surface area contributed by atoms with Crippen molar-refractivity contribution in [3.05, 3.63) is 12.7 Å². The summed E-state index contributed by atoms with van der Waals surface area (Å²) < 4.78 is 0. The van der Waals surface area contributed by atoms with Gasteiger partial charge in [-0.3, -0.25) is 9.69 Å². The molecule has 0 saturated carbocycles. The van der Waals surface area contributed by atoms with E-state index in [9.17, 15) is 4.79 Å². The van der Waals surface area contributed by atoms with E-state index in [4.69, 9.17) is 0 Å². The van der Waals surface area contributed by atoms with E-state index < -0.39 is 0 Å². The van der Waals surface area contributed by atoms with Crippen LogP contribution in [0.25, 0.3) is 0 Å². The molecule has 1 amide bonds. The fraction of sp³-hybridized carbons (Fsp3) is 0.727. The molecule has 0 aromatic heterocycles. The Bertz CT molecular complexity index is 223. The van der Waals surface area contributed by atoms with Crippen LogP contribution < -0.4 is 5.32 Å². The van der Waals surface area contributed by atoms with Crippen LogP contribution in [-0.2, 0) is 4.79 Å². The second-order valence-corrected chi connectivity index (χ2v) is 5.93. The Morgan fingerprint density at radius 3 is 2.67 bits per heavy atom. The first kappa shape index (κ1) is 12.6. The van der Waals surface area contributed by atoms with Crippen molar-refractivity contribution in [3.8, 4) is 0 Å². The predicted molar refractivity (Wildman–Crippen MR) is 66.2 cm³/mol. The number of nitrogens with one attached hydrogen (secondary N) is 1. The molecule has 1 aliphatic heterocycles. The summed E-state index contributed by atoms with van der Waals surface area (Å²) in [6.45, 7) is 11.1. The largest absolute Gasteiger partial charge is 0.352 e. The van der Waals surface area contributed by atoms with Gasteiger partial charge in [-0.1, -0.05) is 19.9 Å². The van der Waals surface area contributed by atoms with Gasteiger partial charge in [0.05, 0.1) is 6.54 Å². The van der Waals surface area contributed by atoms with E-state index in [1.54, 1.807) is 6.08 Å². The Morgan fingerprint density at radius 2 is 2.13 bits per heavy atom. The van der Waals surface area contributed by atoms with E-state index in [1.165, 1.54) is 0 Å². The second kappa shape index (κ2) is 6.18. The molecule has 0 aromatic rings. The highest BCUT2D eigenvalue weighted by Gasteiger charge is 2.23. The SMILES string of the molecule is C=CCNC(=O)CN1C[C@@H](C)S[C@H](C)C1. The minimum absolute atomic E-state index is 0.0983. The van der Waals surface area contributed by atoms with E-state index in [0.717, 1.165) is 13.1 Å². The van der Waals surface area contributed by atoms with Crippen molar-refractivity contribution in [2.75, 3.05) is 26.2 Å². The summed E-state index contributed by atoms with van der Waals surface area (Å²) in [6.07, 6.45) is 1.70. The molecule has 1 aliphatic rings. The van der Waals surface area contributed by atoms with E-state index >= 15 is 0 Å². The number of nitrogens with zero attached hydrogens (tertiary/aromatic N) is 1. The molecule has 0 radical (unpaired) electrons. The Labute approximate surface area is 96.3 Å². The zero-order valence-corrected chi connectivity index (χ0v) is 10.3. The van der Waals surface area contributed by atoms with E-state index in [-0.39, 0.29) is 5.91 Å². The van der Waals surface area contributed by atoms with Gasteiger partial charge in [0.25, 0.3) is 0 Å². The molecule has 1 heterocycles. The first-order valence-electron chi connectivity index (χ1n) is 5.37. The maximum absolute atomic E-state index is 11.5. The zero-order valence-electron chi connectivity index (χ0n) is 9.53. The standard InChI is InChI=1S/C11H20N2OS/c1-4-5-12-11(14)8-13-6-9(2)15-10(3)7-13/h4,9-10H,1,5-8H2,2-3H3,(H,12,14)/t9-,10-/m1/s1. The van der Waals surface area contributed by atoms with Crippen LogP contribution in [0, 0.1) is 0 Å². The van der Waals surface area contributed by atoms with Crippen molar-refractivity contribution >= 4 is 17.7 Å². The molecule has 2 atom stereocenters. The predicted octanol–water partition coefficient (Wildman–Crippen LogP) is 1.11. The average Bonchev–Trinajstić information content (AvgIpc) is 2.13. The Balaban J connectivity index is 2.30. The lowest BCUT2D eigenvalue weighted by atomic mass is 10.3. The molecular formula is C11H20N2OS. The van der Waals surface area contributed by atoms with Crippen LogP contribution in [0.4, 0.5) is 0 Å².